The van der Waals surface area contributed by atoms with Crippen LogP contribution in [0.15, 0.2) is 18.2 Å². The number of amides is 2. The van der Waals surface area contributed by atoms with Crippen LogP contribution in [-0.2, 0) is 13.0 Å². The van der Waals surface area contributed by atoms with Gasteiger partial charge in [0.25, 0.3) is 0 Å². The first-order valence-corrected chi connectivity index (χ1v) is 9.76. The Bertz CT molecular complexity index is 873. The molecule has 6 nitrogen and oxygen atoms in total. The fourth-order valence-corrected chi connectivity index (χ4v) is 3.90. The van der Waals surface area contributed by atoms with Gasteiger partial charge in [0.2, 0.25) is 0 Å². The zero-order chi connectivity index (χ0) is 19.0. The van der Waals surface area contributed by atoms with Gasteiger partial charge < -0.3 is 15.1 Å². The molecule has 1 N–H and O–H groups in total. The van der Waals surface area contributed by atoms with E-state index in [1.807, 2.05) is 30.0 Å². The number of nitrogens with one attached hydrogen (secondary N) is 1. The first-order chi connectivity index (χ1) is 13.0. The lowest BCUT2D eigenvalue weighted by molar-refractivity contribution is 0.206. The van der Waals surface area contributed by atoms with E-state index in [1.54, 1.807) is 0 Å². The standard InChI is InChI=1S/C21H27N5O/c1-14-6-7-17(12-15(14)2)24-21(27)26-11-8-19-18(13-26)20(23-16(3)22-19)25-9-4-5-10-25/h6-7,12H,4-5,8-11,13H2,1-3H3,(H,24,27). The van der Waals surface area contributed by atoms with Gasteiger partial charge in [-0.3, -0.25) is 0 Å². The second kappa shape index (κ2) is 7.18. The van der Waals surface area contributed by atoms with Crippen molar-refractivity contribution < 1.29 is 4.79 Å². The van der Waals surface area contributed by atoms with Crippen LogP contribution in [0.3, 0.4) is 0 Å². The minimum Gasteiger partial charge on any atom is -0.356 e. The van der Waals surface area contributed by atoms with Gasteiger partial charge in [-0.25, -0.2) is 14.8 Å². The number of nitrogens with zero attached hydrogens (tertiary/aromatic N) is 4. The number of hydrogen-bond donors (Lipinski definition) is 1. The number of rotatable bonds is 2. The van der Waals surface area contributed by atoms with Crippen LogP contribution < -0.4 is 10.2 Å². The average molecular weight is 365 g/mol. The van der Waals surface area contributed by atoms with Crippen LogP contribution in [0, 0.1) is 20.8 Å². The summed E-state index contributed by atoms with van der Waals surface area (Å²) in [5.74, 6) is 1.85. The Hall–Kier alpha value is -2.63. The Kier molecular flexibility index (Phi) is 4.72. The Labute approximate surface area is 160 Å². The molecule has 27 heavy (non-hydrogen) atoms. The van der Waals surface area contributed by atoms with Crippen molar-refractivity contribution in [2.45, 2.75) is 46.6 Å². The molecule has 1 aromatic heterocycles. The Morgan fingerprint density at radius 2 is 1.81 bits per heavy atom. The van der Waals surface area contributed by atoms with Crippen LogP contribution in [0.5, 0.6) is 0 Å². The molecule has 0 atom stereocenters. The Balaban J connectivity index is 1.55. The van der Waals surface area contributed by atoms with Crippen molar-refractivity contribution in [1.29, 1.82) is 0 Å². The van der Waals surface area contributed by atoms with Crippen molar-refractivity contribution >= 4 is 17.5 Å². The monoisotopic (exact) mass is 365 g/mol. The van der Waals surface area contributed by atoms with Gasteiger partial charge in [0, 0.05) is 37.3 Å². The summed E-state index contributed by atoms with van der Waals surface area (Å²) in [5.41, 5.74) is 5.46. The molecule has 4 rings (SSSR count). The van der Waals surface area contributed by atoms with Gasteiger partial charge >= 0.3 is 6.03 Å². The molecule has 142 valence electrons. The van der Waals surface area contributed by atoms with E-state index >= 15 is 0 Å². The highest BCUT2D eigenvalue weighted by molar-refractivity contribution is 5.89. The molecular formula is C21H27N5O. The highest BCUT2D eigenvalue weighted by Gasteiger charge is 2.28. The molecule has 2 aliphatic rings. The molecule has 0 unspecified atom stereocenters. The van der Waals surface area contributed by atoms with Gasteiger partial charge in [-0.15, -0.1) is 0 Å². The largest absolute Gasteiger partial charge is 0.356 e. The number of carbonyl (C=O) groups excluding carboxylic acids is 1. The molecule has 2 amide bonds. The van der Waals surface area contributed by atoms with E-state index in [4.69, 9.17) is 4.98 Å². The number of urea groups is 1. The van der Waals surface area contributed by atoms with E-state index in [0.29, 0.717) is 13.1 Å². The zero-order valence-corrected chi connectivity index (χ0v) is 16.4. The predicted octanol–water partition coefficient (Wildman–Crippen LogP) is 3.59. The molecular weight excluding hydrogens is 338 g/mol. The number of hydrogen-bond acceptors (Lipinski definition) is 4. The molecule has 0 spiro atoms. The van der Waals surface area contributed by atoms with Crippen LogP contribution in [0.1, 0.15) is 41.1 Å². The first-order valence-electron chi connectivity index (χ1n) is 9.76. The summed E-state index contributed by atoms with van der Waals surface area (Å²) in [6.45, 7) is 9.42. The zero-order valence-electron chi connectivity index (χ0n) is 16.4. The lowest BCUT2D eigenvalue weighted by Crippen LogP contribution is -2.40. The highest BCUT2D eigenvalue weighted by atomic mass is 16.2. The van der Waals surface area contributed by atoms with Crippen molar-refractivity contribution in [1.82, 2.24) is 14.9 Å². The van der Waals surface area contributed by atoms with Crippen molar-refractivity contribution in [2.24, 2.45) is 0 Å². The molecule has 3 heterocycles. The summed E-state index contributed by atoms with van der Waals surface area (Å²) in [6, 6.07) is 5.96. The van der Waals surface area contributed by atoms with Gasteiger partial charge in [0.05, 0.1) is 12.2 Å². The molecule has 6 heteroatoms. The summed E-state index contributed by atoms with van der Waals surface area (Å²) in [6.07, 6.45) is 3.18. The van der Waals surface area contributed by atoms with Crippen LogP contribution in [0.25, 0.3) is 0 Å². The maximum absolute atomic E-state index is 12.8. The molecule has 2 aromatic rings. The van der Waals surface area contributed by atoms with Crippen molar-refractivity contribution in [3.8, 4) is 0 Å². The third kappa shape index (κ3) is 3.61. The highest BCUT2D eigenvalue weighted by Crippen LogP contribution is 2.29. The summed E-state index contributed by atoms with van der Waals surface area (Å²) in [7, 11) is 0. The summed E-state index contributed by atoms with van der Waals surface area (Å²) >= 11 is 0. The number of carbonyl (C=O) groups is 1. The quantitative estimate of drug-likeness (QED) is 0.883. The van der Waals surface area contributed by atoms with Crippen molar-refractivity contribution in [2.75, 3.05) is 29.9 Å². The van der Waals surface area contributed by atoms with E-state index in [0.717, 1.165) is 48.1 Å². The maximum atomic E-state index is 12.8. The third-order valence-electron chi connectivity index (χ3n) is 5.60. The van der Waals surface area contributed by atoms with Crippen LogP contribution in [0.2, 0.25) is 0 Å². The topological polar surface area (TPSA) is 61.4 Å². The molecule has 0 bridgehead atoms. The van der Waals surface area contributed by atoms with Gasteiger partial charge in [-0.1, -0.05) is 6.07 Å². The van der Waals surface area contributed by atoms with Crippen LogP contribution >= 0.6 is 0 Å². The van der Waals surface area contributed by atoms with E-state index in [2.05, 4.69) is 29.0 Å². The van der Waals surface area contributed by atoms with E-state index in [9.17, 15) is 4.79 Å². The second-order valence-corrected chi connectivity index (χ2v) is 7.61. The molecule has 0 aliphatic carbocycles. The van der Waals surface area contributed by atoms with E-state index in [-0.39, 0.29) is 6.03 Å². The van der Waals surface area contributed by atoms with Crippen LogP contribution in [-0.4, -0.2) is 40.5 Å². The van der Waals surface area contributed by atoms with Gasteiger partial charge in [-0.2, -0.15) is 0 Å². The Morgan fingerprint density at radius 3 is 2.56 bits per heavy atom. The predicted molar refractivity (Wildman–Crippen MR) is 107 cm³/mol. The van der Waals surface area contributed by atoms with Gasteiger partial charge in [0.15, 0.2) is 0 Å². The average Bonchev–Trinajstić information content (AvgIpc) is 3.18. The summed E-state index contributed by atoms with van der Waals surface area (Å²) in [5, 5.41) is 3.04. The smallest absolute Gasteiger partial charge is 0.322 e. The number of fused-ring (bicyclic) bond motifs is 1. The van der Waals surface area contributed by atoms with E-state index in [1.165, 1.54) is 24.0 Å². The number of aryl methyl sites for hydroxylation is 3. The van der Waals surface area contributed by atoms with E-state index < -0.39 is 0 Å². The SMILES string of the molecule is Cc1nc2c(c(N3CCCC3)n1)CN(C(=O)Nc1ccc(C)c(C)c1)CC2. The molecule has 0 radical (unpaired) electrons. The fourth-order valence-electron chi connectivity index (χ4n) is 3.90. The number of anilines is 2. The van der Waals surface area contributed by atoms with Crippen molar-refractivity contribution in [3.05, 3.63) is 46.4 Å². The first kappa shape index (κ1) is 17.8. The summed E-state index contributed by atoms with van der Waals surface area (Å²) in [4.78, 5) is 26.4. The molecule has 1 aromatic carbocycles. The molecule has 0 saturated carbocycles. The van der Waals surface area contributed by atoms with Gasteiger partial charge in [0.1, 0.15) is 11.6 Å². The molecule has 2 aliphatic heterocycles. The Morgan fingerprint density at radius 1 is 1.04 bits per heavy atom. The number of aromatic nitrogens is 2. The fraction of sp³-hybridized carbons (Fsp3) is 0.476. The minimum absolute atomic E-state index is 0.0585. The molecule has 1 fully saturated rings. The third-order valence-corrected chi connectivity index (χ3v) is 5.60. The normalized spacial score (nSPS) is 16.4. The minimum atomic E-state index is -0.0585. The van der Waals surface area contributed by atoms with Gasteiger partial charge in [-0.05, 0) is 56.9 Å². The van der Waals surface area contributed by atoms with Crippen molar-refractivity contribution in [3.63, 3.8) is 0 Å². The maximum Gasteiger partial charge on any atom is 0.322 e. The second-order valence-electron chi connectivity index (χ2n) is 7.61. The lowest BCUT2D eigenvalue weighted by Gasteiger charge is -2.31. The molecule has 1 saturated heterocycles. The summed E-state index contributed by atoms with van der Waals surface area (Å²) < 4.78 is 0. The number of benzene rings is 1. The van der Waals surface area contributed by atoms with Crippen LogP contribution in [0.4, 0.5) is 16.3 Å². The lowest BCUT2D eigenvalue weighted by atomic mass is 10.1.